The Morgan fingerprint density at radius 3 is 2.10 bits per heavy atom. The molecular formula is C15H30O5. The van der Waals surface area contributed by atoms with Gasteiger partial charge in [0.2, 0.25) is 0 Å². The summed E-state index contributed by atoms with van der Waals surface area (Å²) in [5.74, 6) is 0.0835. The Kier molecular flexibility index (Phi) is 7.99. The van der Waals surface area contributed by atoms with Crippen molar-refractivity contribution in [2.45, 2.75) is 78.4 Å². The third-order valence-electron chi connectivity index (χ3n) is 3.75. The first-order valence-corrected chi connectivity index (χ1v) is 7.70. The lowest BCUT2D eigenvalue weighted by molar-refractivity contribution is -0.222. The summed E-state index contributed by atoms with van der Waals surface area (Å²) in [5, 5.41) is 10.2. The molecule has 0 spiro atoms. The van der Waals surface area contributed by atoms with Crippen LogP contribution in [0.1, 0.15) is 47.5 Å². The van der Waals surface area contributed by atoms with E-state index in [4.69, 9.17) is 18.9 Å². The van der Waals surface area contributed by atoms with Gasteiger partial charge >= 0.3 is 0 Å². The van der Waals surface area contributed by atoms with Crippen molar-refractivity contribution in [3.63, 3.8) is 0 Å². The largest absolute Gasteiger partial charge is 0.393 e. The summed E-state index contributed by atoms with van der Waals surface area (Å²) < 4.78 is 22.5. The quantitative estimate of drug-likeness (QED) is 0.695. The number of hydrogen-bond donors (Lipinski definition) is 1. The van der Waals surface area contributed by atoms with Crippen molar-refractivity contribution >= 4 is 0 Å². The first-order chi connectivity index (χ1) is 9.47. The maximum atomic E-state index is 10.2. The topological polar surface area (TPSA) is 57.2 Å². The van der Waals surface area contributed by atoms with Gasteiger partial charge < -0.3 is 24.1 Å². The van der Waals surface area contributed by atoms with Gasteiger partial charge in [0.25, 0.3) is 0 Å². The lowest BCUT2D eigenvalue weighted by atomic mass is 9.83. The van der Waals surface area contributed by atoms with E-state index < -0.39 is 6.10 Å². The van der Waals surface area contributed by atoms with Crippen LogP contribution in [0.2, 0.25) is 0 Å². The lowest BCUT2D eigenvalue weighted by Gasteiger charge is -2.39. The molecule has 4 unspecified atom stereocenters. The molecule has 1 aliphatic carbocycles. The fraction of sp³-hybridized carbons (Fsp3) is 1.00. The van der Waals surface area contributed by atoms with Crippen LogP contribution in [0.15, 0.2) is 0 Å². The van der Waals surface area contributed by atoms with Crippen molar-refractivity contribution in [3.05, 3.63) is 0 Å². The van der Waals surface area contributed by atoms with Crippen LogP contribution in [0, 0.1) is 5.92 Å². The van der Waals surface area contributed by atoms with Crippen molar-refractivity contribution in [2.24, 2.45) is 5.92 Å². The molecule has 1 rings (SSSR count). The molecule has 1 aliphatic rings. The van der Waals surface area contributed by atoms with Gasteiger partial charge in [-0.15, -0.1) is 0 Å². The van der Waals surface area contributed by atoms with Crippen LogP contribution < -0.4 is 0 Å². The number of ether oxygens (including phenoxy) is 4. The van der Waals surface area contributed by atoms with Crippen molar-refractivity contribution in [1.29, 1.82) is 0 Å². The zero-order valence-electron chi connectivity index (χ0n) is 13.4. The fourth-order valence-corrected chi connectivity index (χ4v) is 2.66. The Hall–Kier alpha value is -0.200. The van der Waals surface area contributed by atoms with E-state index >= 15 is 0 Å². The minimum absolute atomic E-state index is 0.0402. The molecule has 0 aromatic heterocycles. The Labute approximate surface area is 122 Å². The summed E-state index contributed by atoms with van der Waals surface area (Å²) in [7, 11) is 0. The highest BCUT2D eigenvalue weighted by molar-refractivity contribution is 4.85. The van der Waals surface area contributed by atoms with Gasteiger partial charge in [0.05, 0.1) is 18.3 Å². The molecule has 1 N–H and O–H groups in total. The van der Waals surface area contributed by atoms with E-state index in [1.807, 2.05) is 34.6 Å². The van der Waals surface area contributed by atoms with Gasteiger partial charge in [-0.25, -0.2) is 0 Å². The smallest absolute Gasteiger partial charge is 0.155 e. The molecule has 5 heteroatoms. The lowest BCUT2D eigenvalue weighted by Crippen LogP contribution is -2.45. The van der Waals surface area contributed by atoms with E-state index in [2.05, 4.69) is 0 Å². The molecule has 6 atom stereocenters. The van der Waals surface area contributed by atoms with Crippen molar-refractivity contribution < 1.29 is 24.1 Å². The Bertz CT molecular complexity index is 261. The van der Waals surface area contributed by atoms with Gasteiger partial charge in [-0.3, -0.25) is 0 Å². The number of aliphatic hydroxyl groups is 1. The van der Waals surface area contributed by atoms with Crippen molar-refractivity contribution in [3.8, 4) is 0 Å². The molecule has 120 valence electrons. The molecule has 0 heterocycles. The van der Waals surface area contributed by atoms with E-state index in [9.17, 15) is 5.11 Å². The summed E-state index contributed by atoms with van der Waals surface area (Å²) in [6.45, 7) is 10.9. The van der Waals surface area contributed by atoms with Gasteiger partial charge in [0.1, 0.15) is 0 Å². The summed E-state index contributed by atoms with van der Waals surface area (Å²) >= 11 is 0. The Morgan fingerprint density at radius 1 is 1.00 bits per heavy atom. The summed E-state index contributed by atoms with van der Waals surface area (Å²) in [6, 6.07) is 0. The van der Waals surface area contributed by atoms with E-state index in [0.717, 1.165) is 6.42 Å². The van der Waals surface area contributed by atoms with E-state index in [1.165, 1.54) is 0 Å². The van der Waals surface area contributed by atoms with Crippen LogP contribution in [0.5, 0.6) is 0 Å². The normalized spacial score (nSPS) is 33.9. The second kappa shape index (κ2) is 8.95. The molecule has 0 radical (unpaired) electrons. The molecule has 1 saturated carbocycles. The summed E-state index contributed by atoms with van der Waals surface area (Å²) in [4.78, 5) is 0. The summed E-state index contributed by atoms with van der Waals surface area (Å²) in [6.07, 6.45) is 0.356. The monoisotopic (exact) mass is 290 g/mol. The minimum atomic E-state index is -0.415. The van der Waals surface area contributed by atoms with Crippen LogP contribution in [-0.2, 0) is 18.9 Å². The SMILES string of the molecule is CCOC(C)O[C@@H]1CC(O)C(C)[C@@H](OC(C)OCC)C1. The number of hydrogen-bond acceptors (Lipinski definition) is 5. The Morgan fingerprint density at radius 2 is 1.55 bits per heavy atom. The van der Waals surface area contributed by atoms with Crippen molar-refractivity contribution in [1.82, 2.24) is 0 Å². The second-order valence-corrected chi connectivity index (χ2v) is 5.38. The second-order valence-electron chi connectivity index (χ2n) is 5.38. The maximum absolute atomic E-state index is 10.2. The van der Waals surface area contributed by atoms with Gasteiger partial charge in [0.15, 0.2) is 12.6 Å². The third kappa shape index (κ3) is 5.66. The van der Waals surface area contributed by atoms with Crippen LogP contribution in [0.3, 0.4) is 0 Å². The number of aliphatic hydroxyl groups excluding tert-OH is 1. The Balaban J connectivity index is 2.51. The predicted octanol–water partition coefficient (Wildman–Crippen LogP) is 2.31. The zero-order chi connectivity index (χ0) is 15.1. The molecule has 0 amide bonds. The van der Waals surface area contributed by atoms with Crippen LogP contribution in [0.4, 0.5) is 0 Å². The molecule has 5 nitrogen and oxygen atoms in total. The highest BCUT2D eigenvalue weighted by Crippen LogP contribution is 2.30. The molecule has 0 aliphatic heterocycles. The maximum Gasteiger partial charge on any atom is 0.155 e. The minimum Gasteiger partial charge on any atom is -0.393 e. The van der Waals surface area contributed by atoms with E-state index in [-0.39, 0.29) is 30.7 Å². The van der Waals surface area contributed by atoms with Gasteiger partial charge in [-0.05, 0) is 27.7 Å². The molecule has 0 saturated heterocycles. The van der Waals surface area contributed by atoms with Crippen molar-refractivity contribution in [2.75, 3.05) is 13.2 Å². The van der Waals surface area contributed by atoms with Crippen LogP contribution >= 0.6 is 0 Å². The number of rotatable bonds is 8. The van der Waals surface area contributed by atoms with Gasteiger partial charge in [-0.2, -0.15) is 0 Å². The first kappa shape index (κ1) is 17.9. The van der Waals surface area contributed by atoms with Crippen LogP contribution in [0.25, 0.3) is 0 Å². The predicted molar refractivity (Wildman–Crippen MR) is 76.3 cm³/mol. The highest BCUT2D eigenvalue weighted by Gasteiger charge is 2.37. The average molecular weight is 290 g/mol. The molecule has 1 fully saturated rings. The standard InChI is InChI=1S/C15H30O5/c1-6-17-11(4)19-13-8-14(16)10(3)15(9-13)20-12(5)18-7-2/h10-16H,6-9H2,1-5H3/t10?,11?,12?,13-,14?,15+/m1/s1. The van der Waals surface area contributed by atoms with E-state index in [1.54, 1.807) is 0 Å². The highest BCUT2D eigenvalue weighted by atomic mass is 16.7. The molecule has 20 heavy (non-hydrogen) atoms. The van der Waals surface area contributed by atoms with E-state index in [0.29, 0.717) is 19.6 Å². The first-order valence-electron chi connectivity index (χ1n) is 7.70. The molecule has 0 aromatic carbocycles. The molecular weight excluding hydrogens is 260 g/mol. The zero-order valence-corrected chi connectivity index (χ0v) is 13.4. The molecule has 0 bridgehead atoms. The van der Waals surface area contributed by atoms with Crippen LogP contribution in [-0.4, -0.2) is 49.2 Å². The summed E-state index contributed by atoms with van der Waals surface area (Å²) in [5.41, 5.74) is 0. The average Bonchev–Trinajstić information content (AvgIpc) is 2.35. The molecule has 0 aromatic rings. The van der Waals surface area contributed by atoms with Gasteiger partial charge in [-0.1, -0.05) is 6.92 Å². The van der Waals surface area contributed by atoms with Gasteiger partial charge in [0, 0.05) is 32.0 Å². The third-order valence-corrected chi connectivity index (χ3v) is 3.75. The fourth-order valence-electron chi connectivity index (χ4n) is 2.66.